The number of guanidine groups is 1. The Labute approximate surface area is 205 Å². The monoisotopic (exact) mass is 490 g/mol. The highest BCUT2D eigenvalue weighted by Crippen LogP contribution is 2.34. The number of pyridine rings is 1. The molecule has 182 valence electrons. The summed E-state index contributed by atoms with van der Waals surface area (Å²) in [6, 6.07) is 25.3. The first-order valence-corrected chi connectivity index (χ1v) is 11.0. The van der Waals surface area contributed by atoms with Gasteiger partial charge in [-0.25, -0.2) is 4.98 Å². The van der Waals surface area contributed by atoms with Crippen LogP contribution in [0.15, 0.2) is 102 Å². The molecule has 0 radical (unpaired) electrons. The van der Waals surface area contributed by atoms with E-state index in [4.69, 9.17) is 5.73 Å². The molecule has 36 heavy (non-hydrogen) atoms. The number of nitrogens with one attached hydrogen (secondary N) is 3. The van der Waals surface area contributed by atoms with Crippen molar-refractivity contribution in [2.75, 3.05) is 10.6 Å². The van der Waals surface area contributed by atoms with E-state index in [1.807, 2.05) is 54.6 Å². The van der Waals surface area contributed by atoms with Crippen LogP contribution in [0.5, 0.6) is 0 Å². The molecule has 0 aliphatic carbocycles. The lowest BCUT2D eigenvalue weighted by molar-refractivity contribution is -0.361. The van der Waals surface area contributed by atoms with E-state index in [9.17, 15) is 18.0 Å². The number of benzene rings is 3. The van der Waals surface area contributed by atoms with E-state index in [1.54, 1.807) is 18.3 Å². The van der Waals surface area contributed by atoms with Gasteiger partial charge in [0.15, 0.2) is 0 Å². The van der Waals surface area contributed by atoms with Crippen LogP contribution in [0.1, 0.15) is 11.1 Å². The maximum atomic E-state index is 13.2. The Morgan fingerprint density at radius 1 is 0.833 bits per heavy atom. The first-order chi connectivity index (χ1) is 17.3. The highest BCUT2D eigenvalue weighted by molar-refractivity contribution is 5.94. The van der Waals surface area contributed by atoms with Crippen LogP contribution in [0.4, 0.5) is 30.4 Å². The zero-order valence-corrected chi connectivity index (χ0v) is 19.0. The number of aromatic nitrogens is 1. The molecule has 9 heteroatoms. The zero-order chi connectivity index (χ0) is 25.5. The van der Waals surface area contributed by atoms with Crippen LogP contribution in [-0.4, -0.2) is 11.9 Å². The average Bonchev–Trinajstić information content (AvgIpc) is 2.85. The molecule has 0 saturated carbocycles. The van der Waals surface area contributed by atoms with E-state index < -0.39 is 11.7 Å². The average molecular weight is 491 g/mol. The molecule has 0 unspecified atom stereocenters. The van der Waals surface area contributed by atoms with E-state index in [1.165, 1.54) is 18.2 Å². The van der Waals surface area contributed by atoms with Crippen molar-refractivity contribution in [1.29, 1.82) is 0 Å². The quantitative estimate of drug-likeness (QED) is 0.249. The van der Waals surface area contributed by atoms with E-state index >= 15 is 0 Å². The van der Waals surface area contributed by atoms with Crippen molar-refractivity contribution < 1.29 is 22.9 Å². The number of alkyl halides is 3. The van der Waals surface area contributed by atoms with Gasteiger partial charge in [-0.3, -0.25) is 4.79 Å². The van der Waals surface area contributed by atoms with Gasteiger partial charge in [0.2, 0.25) is 5.91 Å². The molecule has 0 saturated heterocycles. The van der Waals surface area contributed by atoms with Crippen molar-refractivity contribution in [2.45, 2.75) is 12.6 Å². The van der Waals surface area contributed by atoms with E-state index in [0.29, 0.717) is 17.9 Å². The summed E-state index contributed by atoms with van der Waals surface area (Å²) in [7, 11) is 0. The largest absolute Gasteiger partial charge is 0.418 e. The molecule has 4 aromatic rings. The zero-order valence-electron chi connectivity index (χ0n) is 19.0. The summed E-state index contributed by atoms with van der Waals surface area (Å²) in [5.74, 6) is 0.0675. The number of halogens is 3. The van der Waals surface area contributed by atoms with Gasteiger partial charge in [-0.15, -0.1) is 0 Å². The fraction of sp³-hybridized carbons (Fsp3) is 0.0741. The summed E-state index contributed by atoms with van der Waals surface area (Å²) in [5, 5.41) is 5.38. The Kier molecular flexibility index (Phi) is 7.29. The number of nitrogens with zero attached hydrogens (tertiary/aromatic N) is 1. The number of H-pyrrole nitrogens is 1. The molecule has 0 aliphatic heterocycles. The molecule has 0 atom stereocenters. The van der Waals surface area contributed by atoms with E-state index in [2.05, 4.69) is 20.6 Å². The molecule has 5 N–H and O–H groups in total. The van der Waals surface area contributed by atoms with E-state index in [-0.39, 0.29) is 17.6 Å². The lowest BCUT2D eigenvalue weighted by atomic mass is 10.1. The van der Waals surface area contributed by atoms with Crippen LogP contribution in [0.2, 0.25) is 0 Å². The molecule has 6 nitrogen and oxygen atoms in total. The highest BCUT2D eigenvalue weighted by Gasteiger charge is 2.33. The molecule has 0 spiro atoms. The highest BCUT2D eigenvalue weighted by atomic mass is 19.4. The van der Waals surface area contributed by atoms with Crippen LogP contribution in [0, 0.1) is 0 Å². The van der Waals surface area contributed by atoms with Crippen molar-refractivity contribution in [3.63, 3.8) is 0 Å². The number of rotatable bonds is 6. The molecule has 3 aromatic carbocycles. The fourth-order valence-corrected chi connectivity index (χ4v) is 3.53. The van der Waals surface area contributed by atoms with Gasteiger partial charge in [-0.05, 0) is 46.5 Å². The van der Waals surface area contributed by atoms with Gasteiger partial charge in [-0.2, -0.15) is 13.2 Å². The van der Waals surface area contributed by atoms with Crippen molar-refractivity contribution in [3.8, 4) is 11.1 Å². The molecule has 1 aromatic heterocycles. The second-order valence-corrected chi connectivity index (χ2v) is 7.92. The SMILES string of the molecule is NC(=Nc1ccc(-c2ccc(NC(=O)Cc3ccccc3)cc2)c[nH+]1)Nc1ccccc1C(F)(F)F. The predicted octanol–water partition coefficient (Wildman–Crippen LogP) is 5.43. The molecule has 4 rings (SSSR count). The summed E-state index contributed by atoms with van der Waals surface area (Å²) in [4.78, 5) is 19.3. The van der Waals surface area contributed by atoms with Crippen LogP contribution in [0.3, 0.4) is 0 Å². The van der Waals surface area contributed by atoms with Crippen LogP contribution in [0.25, 0.3) is 11.1 Å². The number of aromatic amines is 1. The standard InChI is InChI=1S/C27H22F3N5O/c28-27(29,30)22-8-4-5-9-23(22)34-26(31)35-24-15-12-20(17-32-24)19-10-13-21(14-11-19)33-25(36)16-18-6-2-1-3-7-18/h1-15,17H,16H2,(H,33,36)(H3,31,32,34,35)/p+1. The Morgan fingerprint density at radius 2 is 1.50 bits per heavy atom. The number of para-hydroxylation sites is 1. The molecule has 1 amide bonds. The van der Waals surface area contributed by atoms with Gasteiger partial charge < -0.3 is 16.4 Å². The van der Waals surface area contributed by atoms with Gasteiger partial charge in [0, 0.05) is 17.3 Å². The van der Waals surface area contributed by atoms with Crippen molar-refractivity contribution in [3.05, 3.63) is 108 Å². The predicted molar refractivity (Wildman–Crippen MR) is 134 cm³/mol. The summed E-state index contributed by atoms with van der Waals surface area (Å²) < 4.78 is 39.5. The molecule has 0 fully saturated rings. The topological polar surface area (TPSA) is 93.6 Å². The third-order valence-electron chi connectivity index (χ3n) is 5.24. The second-order valence-electron chi connectivity index (χ2n) is 7.92. The van der Waals surface area contributed by atoms with Crippen molar-refractivity contribution >= 4 is 29.1 Å². The number of carbonyl (C=O) groups is 1. The Bertz CT molecular complexity index is 1350. The maximum absolute atomic E-state index is 13.2. The molecule has 1 heterocycles. The third-order valence-corrected chi connectivity index (χ3v) is 5.24. The van der Waals surface area contributed by atoms with Gasteiger partial charge >= 0.3 is 18.0 Å². The van der Waals surface area contributed by atoms with Gasteiger partial charge in [-0.1, -0.05) is 54.6 Å². The van der Waals surface area contributed by atoms with Gasteiger partial charge in [0.05, 0.1) is 23.9 Å². The Hall–Kier alpha value is -4.66. The second kappa shape index (κ2) is 10.7. The number of carbonyl (C=O) groups excluding carboxylic acids is 1. The van der Waals surface area contributed by atoms with Crippen LogP contribution < -0.4 is 21.4 Å². The summed E-state index contributed by atoms with van der Waals surface area (Å²) in [6.45, 7) is 0. The Balaban J connectivity index is 1.39. The lowest BCUT2D eigenvalue weighted by Crippen LogP contribution is -2.24. The van der Waals surface area contributed by atoms with Gasteiger partial charge in [0.1, 0.15) is 0 Å². The number of anilines is 2. The minimum atomic E-state index is -4.52. The summed E-state index contributed by atoms with van der Waals surface area (Å²) in [5.41, 5.74) is 8.18. The normalized spacial score (nSPS) is 11.7. The summed E-state index contributed by atoms with van der Waals surface area (Å²) in [6.07, 6.45) is -2.52. The minimum absolute atomic E-state index is 0.103. The third kappa shape index (κ3) is 6.47. The molecule has 0 aliphatic rings. The minimum Gasteiger partial charge on any atom is -0.348 e. The molecular weight excluding hydrogens is 467 g/mol. The number of hydrogen-bond donors (Lipinski definition) is 3. The first-order valence-electron chi connectivity index (χ1n) is 11.0. The smallest absolute Gasteiger partial charge is 0.348 e. The van der Waals surface area contributed by atoms with Crippen LogP contribution in [-0.2, 0) is 17.4 Å². The molecule has 0 bridgehead atoms. The van der Waals surface area contributed by atoms with Gasteiger partial charge in [0.25, 0.3) is 0 Å². The van der Waals surface area contributed by atoms with Crippen molar-refractivity contribution in [2.24, 2.45) is 10.7 Å². The molecular formula is C27H23F3N5O+. The number of aliphatic imine (C=N–C) groups is 1. The van der Waals surface area contributed by atoms with E-state index in [0.717, 1.165) is 22.8 Å². The number of hydrogen-bond acceptors (Lipinski definition) is 2. The Morgan fingerprint density at radius 3 is 2.17 bits per heavy atom. The first kappa shape index (κ1) is 24.5. The number of amides is 1. The maximum Gasteiger partial charge on any atom is 0.418 e. The van der Waals surface area contributed by atoms with Crippen molar-refractivity contribution in [1.82, 2.24) is 0 Å². The number of nitrogens with two attached hydrogens (primary N) is 1. The van der Waals surface area contributed by atoms with Crippen LogP contribution >= 0.6 is 0 Å². The lowest BCUT2D eigenvalue weighted by Gasteiger charge is -2.12. The summed E-state index contributed by atoms with van der Waals surface area (Å²) >= 11 is 0. The fourth-order valence-electron chi connectivity index (χ4n) is 3.53.